The second-order valence-electron chi connectivity index (χ2n) is 8.14. The summed E-state index contributed by atoms with van der Waals surface area (Å²) >= 11 is 0. The third-order valence-corrected chi connectivity index (χ3v) is 5.41. The predicted molar refractivity (Wildman–Crippen MR) is 130 cm³/mol. The lowest BCUT2D eigenvalue weighted by molar-refractivity contribution is -0.274. The predicted octanol–water partition coefficient (Wildman–Crippen LogP) is 5.92. The minimum absolute atomic E-state index is 0.335. The molecule has 0 spiro atoms. The normalized spacial score (nSPS) is 12.0. The van der Waals surface area contributed by atoms with Gasteiger partial charge < -0.3 is 29.0 Å². The van der Waals surface area contributed by atoms with Gasteiger partial charge in [0.25, 0.3) is 0 Å². The Hall–Kier alpha value is -4.67. The molecule has 0 radical (unpaired) electrons. The number of carbonyl (C=O) groups is 1. The van der Waals surface area contributed by atoms with Crippen molar-refractivity contribution in [3.05, 3.63) is 89.7 Å². The number of hydrogen-bond donors (Lipinski definition) is 2. The van der Waals surface area contributed by atoms with Gasteiger partial charge in [-0.25, -0.2) is 9.78 Å². The Morgan fingerprint density at radius 3 is 2.26 bits per heavy atom. The maximum absolute atomic E-state index is 12.5. The van der Waals surface area contributed by atoms with Gasteiger partial charge in [0.05, 0.1) is 19.0 Å². The molecule has 3 aromatic carbocycles. The molecule has 0 saturated heterocycles. The summed E-state index contributed by atoms with van der Waals surface area (Å²) in [6.45, 7) is 1.31. The number of rotatable bonds is 10. The van der Waals surface area contributed by atoms with E-state index >= 15 is 0 Å². The van der Waals surface area contributed by atoms with Crippen LogP contribution in [0.25, 0.3) is 11.4 Å². The average molecular weight is 528 g/mol. The molecule has 4 aromatic rings. The highest BCUT2D eigenvalue weighted by Gasteiger charge is 2.31. The monoisotopic (exact) mass is 528 g/mol. The van der Waals surface area contributed by atoms with E-state index < -0.39 is 25.0 Å². The van der Waals surface area contributed by atoms with E-state index in [4.69, 9.17) is 19.3 Å². The van der Waals surface area contributed by atoms with E-state index in [0.717, 1.165) is 5.56 Å². The van der Waals surface area contributed by atoms with Crippen LogP contribution < -0.4 is 18.9 Å². The van der Waals surface area contributed by atoms with Crippen molar-refractivity contribution in [3.8, 4) is 34.4 Å². The molecule has 0 bridgehead atoms. The molecule has 8 nitrogen and oxygen atoms in total. The van der Waals surface area contributed by atoms with Gasteiger partial charge in [-0.05, 0) is 72.6 Å². The molecule has 1 heterocycles. The van der Waals surface area contributed by atoms with Crippen molar-refractivity contribution in [1.82, 2.24) is 9.97 Å². The Morgan fingerprint density at radius 1 is 1.00 bits per heavy atom. The third kappa shape index (κ3) is 6.75. The van der Waals surface area contributed by atoms with Crippen LogP contribution in [0, 0.1) is 6.92 Å². The van der Waals surface area contributed by atoms with Crippen LogP contribution in [-0.2, 0) is 4.79 Å². The summed E-state index contributed by atoms with van der Waals surface area (Å²) in [4.78, 5) is 18.4. The molecule has 0 aliphatic rings. The zero-order valence-corrected chi connectivity index (χ0v) is 20.3. The highest BCUT2D eigenvalue weighted by Crippen LogP contribution is 2.33. The minimum Gasteiger partial charge on any atom is -0.497 e. The number of aromatic nitrogens is 2. The first-order valence-electron chi connectivity index (χ1n) is 11.3. The van der Waals surface area contributed by atoms with Crippen molar-refractivity contribution < 1.29 is 42.0 Å². The maximum atomic E-state index is 12.5. The van der Waals surface area contributed by atoms with Crippen LogP contribution in [0.3, 0.4) is 0 Å². The fourth-order valence-electron chi connectivity index (χ4n) is 3.65. The number of methoxy groups -OCH3 is 1. The van der Waals surface area contributed by atoms with Crippen molar-refractivity contribution in [3.63, 3.8) is 0 Å². The van der Waals surface area contributed by atoms with Gasteiger partial charge in [-0.2, -0.15) is 0 Å². The number of nitrogens with one attached hydrogen (secondary N) is 1. The van der Waals surface area contributed by atoms with E-state index in [1.54, 1.807) is 50.6 Å². The van der Waals surface area contributed by atoms with Crippen molar-refractivity contribution in [2.45, 2.75) is 19.4 Å². The van der Waals surface area contributed by atoms with Crippen LogP contribution >= 0.6 is 0 Å². The summed E-state index contributed by atoms with van der Waals surface area (Å²) in [6.07, 6.45) is -3.83. The Balaban J connectivity index is 1.61. The van der Waals surface area contributed by atoms with Gasteiger partial charge in [0.15, 0.2) is 12.7 Å². The standard InChI is InChI=1S/C27H23F3N2O6/c1-16-13-21(11-12-23(16)36-15-24(33)34)37-25(17-3-7-19(35-2)8-4-17)22-14-31-26(32-22)18-5-9-20(10-6-18)38-27(28,29)30/h3-14,25H,15H2,1-2H3,(H,31,32)(H,33,34). The molecule has 4 rings (SSSR count). The largest absolute Gasteiger partial charge is 0.573 e. The lowest BCUT2D eigenvalue weighted by Gasteiger charge is -2.20. The van der Waals surface area contributed by atoms with E-state index in [2.05, 4.69) is 14.7 Å². The Kier molecular flexibility index (Phi) is 7.75. The zero-order valence-electron chi connectivity index (χ0n) is 20.3. The fraction of sp³-hybridized carbons (Fsp3) is 0.185. The topological polar surface area (TPSA) is 103 Å². The van der Waals surface area contributed by atoms with Crippen molar-refractivity contribution in [1.29, 1.82) is 0 Å². The number of alkyl halides is 3. The minimum atomic E-state index is -4.78. The Bertz CT molecular complexity index is 1390. The smallest absolute Gasteiger partial charge is 0.497 e. The lowest BCUT2D eigenvalue weighted by Crippen LogP contribution is -2.16. The number of aromatic amines is 1. The molecule has 11 heteroatoms. The lowest BCUT2D eigenvalue weighted by atomic mass is 10.1. The van der Waals surface area contributed by atoms with Crippen LogP contribution in [0.4, 0.5) is 13.2 Å². The molecular formula is C27H23F3N2O6. The molecule has 1 atom stereocenters. The van der Waals surface area contributed by atoms with Gasteiger partial charge in [0.1, 0.15) is 28.8 Å². The maximum Gasteiger partial charge on any atom is 0.573 e. The van der Waals surface area contributed by atoms with Gasteiger partial charge in [-0.3, -0.25) is 0 Å². The van der Waals surface area contributed by atoms with Crippen LogP contribution in [0.2, 0.25) is 0 Å². The van der Waals surface area contributed by atoms with Gasteiger partial charge in [0, 0.05) is 5.56 Å². The first-order chi connectivity index (χ1) is 18.1. The number of aryl methyl sites for hydroxylation is 1. The molecule has 0 fully saturated rings. The average Bonchev–Trinajstić information content (AvgIpc) is 3.36. The van der Waals surface area contributed by atoms with E-state index in [1.165, 1.54) is 24.3 Å². The van der Waals surface area contributed by atoms with Crippen molar-refractivity contribution in [2.24, 2.45) is 0 Å². The van der Waals surface area contributed by atoms with Gasteiger partial charge in [-0.15, -0.1) is 13.2 Å². The summed E-state index contributed by atoms with van der Waals surface area (Å²) in [6, 6.07) is 17.6. The number of hydrogen-bond acceptors (Lipinski definition) is 6. The Labute approximate surface area is 215 Å². The van der Waals surface area contributed by atoms with Crippen LogP contribution in [-0.4, -0.2) is 41.1 Å². The van der Waals surface area contributed by atoms with Crippen LogP contribution in [0.5, 0.6) is 23.0 Å². The summed E-state index contributed by atoms with van der Waals surface area (Å²) < 4.78 is 58.2. The number of imidazole rings is 1. The van der Waals surface area contributed by atoms with Gasteiger partial charge in [0.2, 0.25) is 0 Å². The number of carboxylic acids is 1. The second kappa shape index (κ2) is 11.2. The summed E-state index contributed by atoms with van der Waals surface area (Å²) in [7, 11) is 1.56. The van der Waals surface area contributed by atoms with Gasteiger partial charge in [-0.1, -0.05) is 12.1 Å². The molecule has 0 aliphatic heterocycles. The summed E-state index contributed by atoms with van der Waals surface area (Å²) in [5.41, 5.74) is 2.60. The molecule has 0 amide bonds. The quantitative estimate of drug-likeness (QED) is 0.263. The first kappa shape index (κ1) is 26.4. The summed E-state index contributed by atoms with van der Waals surface area (Å²) in [5, 5.41) is 8.85. The zero-order chi connectivity index (χ0) is 27.3. The summed E-state index contributed by atoms with van der Waals surface area (Å²) in [5.74, 6) is 0.586. The highest BCUT2D eigenvalue weighted by molar-refractivity contribution is 5.68. The van der Waals surface area contributed by atoms with E-state index in [-0.39, 0.29) is 5.75 Å². The molecular weight excluding hydrogens is 505 g/mol. The van der Waals surface area contributed by atoms with E-state index in [1.807, 2.05) is 12.1 Å². The number of ether oxygens (including phenoxy) is 4. The van der Waals surface area contributed by atoms with Gasteiger partial charge >= 0.3 is 12.3 Å². The number of nitrogens with zero attached hydrogens (tertiary/aromatic N) is 1. The van der Waals surface area contributed by atoms with Crippen molar-refractivity contribution in [2.75, 3.05) is 13.7 Å². The Morgan fingerprint density at radius 2 is 1.66 bits per heavy atom. The first-order valence-corrected chi connectivity index (χ1v) is 11.3. The fourth-order valence-corrected chi connectivity index (χ4v) is 3.65. The second-order valence-corrected chi connectivity index (χ2v) is 8.14. The molecule has 38 heavy (non-hydrogen) atoms. The number of halogens is 3. The molecule has 2 N–H and O–H groups in total. The van der Waals surface area contributed by atoms with Crippen LogP contribution in [0.15, 0.2) is 72.9 Å². The van der Waals surface area contributed by atoms with E-state index in [9.17, 15) is 18.0 Å². The number of carboxylic acid groups (broad SMARTS) is 1. The van der Waals surface area contributed by atoms with E-state index in [0.29, 0.717) is 39.9 Å². The molecule has 1 unspecified atom stereocenters. The molecule has 198 valence electrons. The van der Waals surface area contributed by atoms with Crippen molar-refractivity contribution >= 4 is 5.97 Å². The molecule has 0 aliphatic carbocycles. The molecule has 0 saturated carbocycles. The number of aliphatic carboxylic acids is 1. The SMILES string of the molecule is COc1ccc(C(Oc2ccc(OCC(=O)O)c(C)c2)c2cnc(-c3ccc(OC(F)(F)F)cc3)[nH]2)cc1. The number of H-pyrrole nitrogens is 1. The number of benzene rings is 3. The highest BCUT2D eigenvalue weighted by atomic mass is 19.4. The third-order valence-electron chi connectivity index (χ3n) is 5.41. The van der Waals surface area contributed by atoms with Crippen LogP contribution in [0.1, 0.15) is 22.9 Å². The molecule has 1 aromatic heterocycles.